The zero-order valence-electron chi connectivity index (χ0n) is 6.41. The SMILES string of the molecule is CC(=O)NNC(=O)C(F)C(F)(F)F. The zero-order chi connectivity index (χ0) is 10.6. The lowest BCUT2D eigenvalue weighted by molar-refractivity contribution is -0.187. The van der Waals surface area contributed by atoms with Crippen molar-refractivity contribution in [2.75, 3.05) is 0 Å². The largest absolute Gasteiger partial charge is 0.428 e. The minimum Gasteiger partial charge on any atom is -0.274 e. The second kappa shape index (κ2) is 4.06. The molecule has 0 aliphatic rings. The van der Waals surface area contributed by atoms with Crippen molar-refractivity contribution >= 4 is 11.8 Å². The van der Waals surface area contributed by atoms with Crippen LogP contribution < -0.4 is 10.9 Å². The third-order valence-corrected chi connectivity index (χ3v) is 0.879. The number of halogens is 4. The summed E-state index contributed by atoms with van der Waals surface area (Å²) in [4.78, 5) is 20.4. The molecule has 0 fully saturated rings. The van der Waals surface area contributed by atoms with Gasteiger partial charge in [-0.15, -0.1) is 0 Å². The third kappa shape index (κ3) is 4.28. The highest BCUT2D eigenvalue weighted by Crippen LogP contribution is 2.22. The van der Waals surface area contributed by atoms with Crippen molar-refractivity contribution < 1.29 is 27.2 Å². The van der Waals surface area contributed by atoms with Crippen LogP contribution in [0, 0.1) is 0 Å². The van der Waals surface area contributed by atoms with Crippen LogP contribution in [0.5, 0.6) is 0 Å². The van der Waals surface area contributed by atoms with E-state index in [0.29, 0.717) is 0 Å². The number of nitrogens with one attached hydrogen (secondary N) is 2. The van der Waals surface area contributed by atoms with E-state index in [-0.39, 0.29) is 0 Å². The molecular weight excluding hydrogens is 196 g/mol. The van der Waals surface area contributed by atoms with Crippen LogP contribution in [-0.4, -0.2) is 24.2 Å². The van der Waals surface area contributed by atoms with Crippen LogP contribution in [0.1, 0.15) is 6.92 Å². The van der Waals surface area contributed by atoms with Crippen molar-refractivity contribution in [2.45, 2.75) is 19.3 Å². The summed E-state index contributed by atoms with van der Waals surface area (Å²) in [6.45, 7) is 0.946. The highest BCUT2D eigenvalue weighted by Gasteiger charge is 2.45. The third-order valence-electron chi connectivity index (χ3n) is 0.879. The summed E-state index contributed by atoms with van der Waals surface area (Å²) in [6, 6.07) is 0. The molecule has 1 unspecified atom stereocenters. The van der Waals surface area contributed by atoms with Gasteiger partial charge in [-0.3, -0.25) is 20.4 Å². The van der Waals surface area contributed by atoms with Crippen LogP contribution >= 0.6 is 0 Å². The topological polar surface area (TPSA) is 58.2 Å². The second-order valence-electron chi connectivity index (χ2n) is 2.07. The van der Waals surface area contributed by atoms with Gasteiger partial charge in [0.05, 0.1) is 0 Å². The molecule has 76 valence electrons. The molecule has 8 heteroatoms. The first kappa shape index (κ1) is 11.7. The minimum absolute atomic E-state index is 0.803. The lowest BCUT2D eigenvalue weighted by Gasteiger charge is -2.11. The molecule has 0 spiro atoms. The van der Waals surface area contributed by atoms with Gasteiger partial charge < -0.3 is 0 Å². The maximum absolute atomic E-state index is 12.1. The van der Waals surface area contributed by atoms with Gasteiger partial charge >= 0.3 is 6.18 Å². The van der Waals surface area contributed by atoms with E-state index in [1.807, 2.05) is 0 Å². The van der Waals surface area contributed by atoms with Crippen molar-refractivity contribution in [1.29, 1.82) is 0 Å². The Labute approximate surface area is 70.3 Å². The first-order valence-corrected chi connectivity index (χ1v) is 3.02. The van der Waals surface area contributed by atoms with Gasteiger partial charge in [-0.1, -0.05) is 0 Å². The maximum Gasteiger partial charge on any atom is 0.428 e. The van der Waals surface area contributed by atoms with E-state index in [0.717, 1.165) is 6.92 Å². The van der Waals surface area contributed by atoms with E-state index >= 15 is 0 Å². The standard InChI is InChI=1S/C5H6F4N2O2/c1-2(12)10-11-4(13)3(6)5(7,8)9/h3H,1H3,(H,10,12)(H,11,13). The van der Waals surface area contributed by atoms with Crippen molar-refractivity contribution in [3.8, 4) is 0 Å². The molecule has 0 heterocycles. The smallest absolute Gasteiger partial charge is 0.274 e. The lowest BCUT2D eigenvalue weighted by atomic mass is 10.3. The van der Waals surface area contributed by atoms with Gasteiger partial charge in [-0.05, 0) is 0 Å². The average molecular weight is 202 g/mol. The van der Waals surface area contributed by atoms with Crippen LogP contribution in [0.15, 0.2) is 0 Å². The van der Waals surface area contributed by atoms with E-state index in [9.17, 15) is 27.2 Å². The second-order valence-corrected chi connectivity index (χ2v) is 2.07. The van der Waals surface area contributed by atoms with Gasteiger partial charge in [0.1, 0.15) is 0 Å². The van der Waals surface area contributed by atoms with Gasteiger partial charge in [-0.2, -0.15) is 13.2 Å². The fraction of sp³-hybridized carbons (Fsp3) is 0.600. The number of hydrogen-bond donors (Lipinski definition) is 2. The van der Waals surface area contributed by atoms with E-state index in [1.54, 1.807) is 0 Å². The van der Waals surface area contributed by atoms with Crippen LogP contribution in [0.2, 0.25) is 0 Å². The van der Waals surface area contributed by atoms with Crippen molar-refractivity contribution in [1.82, 2.24) is 10.9 Å². The summed E-state index contributed by atoms with van der Waals surface area (Å²) in [7, 11) is 0. The molecule has 2 N–H and O–H groups in total. The Balaban J connectivity index is 4.05. The Bertz CT molecular complexity index is 215. The minimum atomic E-state index is -5.26. The van der Waals surface area contributed by atoms with Crippen LogP contribution in [0.25, 0.3) is 0 Å². The number of carbonyl (C=O) groups is 2. The molecule has 0 bridgehead atoms. The van der Waals surface area contributed by atoms with Gasteiger partial charge in [0.15, 0.2) is 0 Å². The van der Waals surface area contributed by atoms with Crippen molar-refractivity contribution in [3.05, 3.63) is 0 Å². The summed E-state index contributed by atoms with van der Waals surface area (Å²) in [5.74, 6) is -2.76. The molecule has 0 radical (unpaired) electrons. The van der Waals surface area contributed by atoms with E-state index in [4.69, 9.17) is 0 Å². The van der Waals surface area contributed by atoms with E-state index < -0.39 is 24.2 Å². The molecule has 0 aromatic heterocycles. The van der Waals surface area contributed by atoms with Crippen molar-refractivity contribution in [2.24, 2.45) is 0 Å². The van der Waals surface area contributed by atoms with E-state index in [2.05, 4.69) is 0 Å². The summed E-state index contributed by atoms with van der Waals surface area (Å²) in [5, 5.41) is 0. The molecule has 2 amide bonds. The van der Waals surface area contributed by atoms with E-state index in [1.165, 1.54) is 10.9 Å². The molecular formula is C5H6F4N2O2. The monoisotopic (exact) mass is 202 g/mol. The highest BCUT2D eigenvalue weighted by atomic mass is 19.4. The Kier molecular flexibility index (Phi) is 3.64. The summed E-state index contributed by atoms with van der Waals surface area (Å²) < 4.78 is 46.5. The molecule has 0 saturated heterocycles. The van der Waals surface area contributed by atoms with Gasteiger partial charge in [-0.25, -0.2) is 4.39 Å². The normalized spacial score (nSPS) is 13.3. The van der Waals surface area contributed by atoms with Crippen LogP contribution in [-0.2, 0) is 9.59 Å². The lowest BCUT2D eigenvalue weighted by Crippen LogP contribution is -2.48. The summed E-state index contributed by atoms with van der Waals surface area (Å²) in [5.41, 5.74) is 2.77. The first-order chi connectivity index (χ1) is 5.75. The van der Waals surface area contributed by atoms with Gasteiger partial charge in [0.2, 0.25) is 5.91 Å². The molecule has 13 heavy (non-hydrogen) atoms. The van der Waals surface area contributed by atoms with Crippen molar-refractivity contribution in [3.63, 3.8) is 0 Å². The molecule has 0 aromatic carbocycles. The van der Waals surface area contributed by atoms with Gasteiger partial charge in [0.25, 0.3) is 12.1 Å². The first-order valence-electron chi connectivity index (χ1n) is 3.02. The number of rotatable bonds is 1. The Morgan fingerprint density at radius 2 is 1.69 bits per heavy atom. The average Bonchev–Trinajstić information content (AvgIpc) is 1.96. The molecule has 0 saturated carbocycles. The fourth-order valence-electron chi connectivity index (χ4n) is 0.362. The molecule has 0 aromatic rings. The molecule has 0 aliphatic carbocycles. The highest BCUT2D eigenvalue weighted by molar-refractivity contribution is 5.84. The van der Waals surface area contributed by atoms with Crippen LogP contribution in [0.4, 0.5) is 17.6 Å². The number of carbonyl (C=O) groups excluding carboxylic acids is 2. The number of alkyl halides is 4. The van der Waals surface area contributed by atoms with Gasteiger partial charge in [0, 0.05) is 6.92 Å². The number of amides is 2. The molecule has 4 nitrogen and oxygen atoms in total. The molecule has 0 rings (SSSR count). The quantitative estimate of drug-likeness (QED) is 0.466. The Morgan fingerprint density at radius 3 is 2.00 bits per heavy atom. The Morgan fingerprint density at radius 1 is 1.23 bits per heavy atom. The Hall–Kier alpha value is -1.34. The summed E-state index contributed by atoms with van der Waals surface area (Å²) in [6.07, 6.45) is -8.90. The molecule has 0 aliphatic heterocycles. The summed E-state index contributed by atoms with van der Waals surface area (Å²) >= 11 is 0. The predicted octanol–water partition coefficient (Wildman–Crippen LogP) is 0.0541. The predicted molar refractivity (Wildman–Crippen MR) is 32.9 cm³/mol. The maximum atomic E-state index is 12.1. The number of hydrazine groups is 1. The number of hydrogen-bond acceptors (Lipinski definition) is 2. The molecule has 1 atom stereocenters. The van der Waals surface area contributed by atoms with Crippen LogP contribution in [0.3, 0.4) is 0 Å². The fourth-order valence-corrected chi connectivity index (χ4v) is 0.362. The zero-order valence-corrected chi connectivity index (χ0v) is 6.41.